The topological polar surface area (TPSA) is 32.3 Å². The predicted octanol–water partition coefficient (Wildman–Crippen LogP) is 0.119. The van der Waals surface area contributed by atoms with Crippen molar-refractivity contribution >= 4 is 0 Å². The second-order valence-corrected chi connectivity index (χ2v) is 2.39. The number of hydrogen-bond donors (Lipinski definition) is 2. The van der Waals surface area contributed by atoms with Gasteiger partial charge >= 0.3 is 0 Å². The van der Waals surface area contributed by atoms with Crippen molar-refractivity contribution in [2.45, 2.75) is 31.4 Å². The molecule has 0 unspecified atom stereocenters. The summed E-state index contributed by atoms with van der Waals surface area (Å²) in [5.41, 5.74) is 0. The Labute approximate surface area is 49.9 Å². The molecule has 1 rings (SSSR count). The minimum Gasteiger partial charge on any atom is -0.392 e. The average molecular weight is 115 g/mol. The quantitative estimate of drug-likeness (QED) is 0.508. The molecule has 48 valence electrons. The summed E-state index contributed by atoms with van der Waals surface area (Å²) >= 11 is 0. The van der Waals surface area contributed by atoms with E-state index in [9.17, 15) is 0 Å². The molecule has 2 atom stereocenters. The Balaban J connectivity index is 2.30. The van der Waals surface area contributed by atoms with Crippen LogP contribution in [0.3, 0.4) is 0 Å². The van der Waals surface area contributed by atoms with Crippen molar-refractivity contribution in [2.24, 2.45) is 0 Å². The molecule has 0 aromatic heterocycles. The van der Waals surface area contributed by atoms with Gasteiger partial charge < -0.3 is 10.4 Å². The molecule has 0 heterocycles. The molecule has 0 spiro atoms. The van der Waals surface area contributed by atoms with Gasteiger partial charge in [0.15, 0.2) is 0 Å². The van der Waals surface area contributed by atoms with E-state index in [0.717, 1.165) is 12.8 Å². The van der Waals surface area contributed by atoms with Crippen molar-refractivity contribution in [1.82, 2.24) is 5.32 Å². The highest BCUT2D eigenvalue weighted by Gasteiger charge is 2.22. The Hall–Kier alpha value is -0.0800. The van der Waals surface area contributed by atoms with E-state index in [-0.39, 0.29) is 6.10 Å². The van der Waals surface area contributed by atoms with Gasteiger partial charge in [0.25, 0.3) is 0 Å². The van der Waals surface area contributed by atoms with Crippen LogP contribution in [0.25, 0.3) is 0 Å². The summed E-state index contributed by atoms with van der Waals surface area (Å²) in [4.78, 5) is 0. The molecule has 0 bridgehead atoms. The van der Waals surface area contributed by atoms with Crippen LogP contribution < -0.4 is 5.32 Å². The van der Waals surface area contributed by atoms with Crippen molar-refractivity contribution < 1.29 is 5.11 Å². The molecule has 1 aliphatic carbocycles. The number of likely N-dealkylation sites (N-methyl/N-ethyl adjacent to an activating group) is 1. The maximum absolute atomic E-state index is 9.13. The van der Waals surface area contributed by atoms with Gasteiger partial charge in [-0.1, -0.05) is 0 Å². The van der Waals surface area contributed by atoms with Gasteiger partial charge in [0.2, 0.25) is 0 Å². The molecule has 2 heteroatoms. The number of rotatable bonds is 1. The van der Waals surface area contributed by atoms with Crippen molar-refractivity contribution in [1.29, 1.82) is 0 Å². The summed E-state index contributed by atoms with van der Waals surface area (Å²) in [5, 5.41) is 12.2. The summed E-state index contributed by atoms with van der Waals surface area (Å²) in [6, 6.07) is 0.370. The normalized spacial score (nSPS) is 38.2. The van der Waals surface area contributed by atoms with E-state index in [1.807, 2.05) is 7.05 Å². The van der Waals surface area contributed by atoms with Crippen molar-refractivity contribution in [3.63, 3.8) is 0 Å². The SMILES string of the molecule is CN[C@H]1CCC[C@@H]1O. The third-order valence-corrected chi connectivity index (χ3v) is 1.85. The molecule has 1 aliphatic rings. The number of hydrogen-bond acceptors (Lipinski definition) is 2. The molecular weight excluding hydrogens is 102 g/mol. The zero-order chi connectivity index (χ0) is 5.98. The van der Waals surface area contributed by atoms with Crippen molar-refractivity contribution in [3.05, 3.63) is 0 Å². The molecule has 1 fully saturated rings. The lowest BCUT2D eigenvalue weighted by molar-refractivity contribution is 0.153. The zero-order valence-corrected chi connectivity index (χ0v) is 5.22. The first-order valence-corrected chi connectivity index (χ1v) is 3.20. The fraction of sp³-hybridized carbons (Fsp3) is 1.00. The Morgan fingerprint density at radius 3 is 2.50 bits per heavy atom. The number of aliphatic hydroxyl groups is 1. The highest BCUT2D eigenvalue weighted by atomic mass is 16.3. The minimum atomic E-state index is -0.0833. The maximum atomic E-state index is 9.13. The van der Waals surface area contributed by atoms with Crippen LogP contribution in [0.5, 0.6) is 0 Å². The fourth-order valence-corrected chi connectivity index (χ4v) is 1.28. The number of aliphatic hydroxyl groups excluding tert-OH is 1. The molecule has 0 amide bonds. The monoisotopic (exact) mass is 115 g/mol. The summed E-state index contributed by atoms with van der Waals surface area (Å²) < 4.78 is 0. The van der Waals surface area contributed by atoms with Gasteiger partial charge in [-0.15, -0.1) is 0 Å². The first-order valence-electron chi connectivity index (χ1n) is 3.20. The Morgan fingerprint density at radius 2 is 2.25 bits per heavy atom. The largest absolute Gasteiger partial charge is 0.392 e. The lowest BCUT2D eigenvalue weighted by Gasteiger charge is -2.11. The standard InChI is InChI=1S/C6H13NO/c1-7-5-3-2-4-6(5)8/h5-8H,2-4H2,1H3/t5-,6-/m0/s1. The van der Waals surface area contributed by atoms with Crippen molar-refractivity contribution in [2.75, 3.05) is 7.05 Å². The summed E-state index contributed by atoms with van der Waals surface area (Å²) in [6.45, 7) is 0. The molecule has 0 aromatic carbocycles. The van der Waals surface area contributed by atoms with Crippen LogP contribution in [-0.4, -0.2) is 24.3 Å². The second kappa shape index (κ2) is 2.46. The maximum Gasteiger partial charge on any atom is 0.0693 e. The Kier molecular flexibility index (Phi) is 1.86. The van der Waals surface area contributed by atoms with E-state index in [2.05, 4.69) is 5.32 Å². The van der Waals surface area contributed by atoms with E-state index in [1.54, 1.807) is 0 Å². The molecule has 0 saturated heterocycles. The fourth-order valence-electron chi connectivity index (χ4n) is 1.28. The van der Waals surface area contributed by atoms with Crippen LogP contribution >= 0.6 is 0 Å². The van der Waals surface area contributed by atoms with Gasteiger partial charge in [-0.3, -0.25) is 0 Å². The van der Waals surface area contributed by atoms with Gasteiger partial charge in [-0.25, -0.2) is 0 Å². The van der Waals surface area contributed by atoms with Crippen LogP contribution in [0.1, 0.15) is 19.3 Å². The van der Waals surface area contributed by atoms with Crippen LogP contribution in [0.15, 0.2) is 0 Å². The molecule has 0 aromatic rings. The summed E-state index contributed by atoms with van der Waals surface area (Å²) in [6.07, 6.45) is 3.20. The zero-order valence-electron chi connectivity index (χ0n) is 5.22. The molecule has 8 heavy (non-hydrogen) atoms. The van der Waals surface area contributed by atoms with E-state index in [1.165, 1.54) is 6.42 Å². The molecule has 0 radical (unpaired) electrons. The molecule has 1 saturated carbocycles. The Morgan fingerprint density at radius 1 is 1.50 bits per heavy atom. The van der Waals surface area contributed by atoms with Crippen molar-refractivity contribution in [3.8, 4) is 0 Å². The molecular formula is C6H13NO. The van der Waals surface area contributed by atoms with Gasteiger partial charge in [0.05, 0.1) is 6.10 Å². The lowest BCUT2D eigenvalue weighted by atomic mass is 10.2. The van der Waals surface area contributed by atoms with Crippen LogP contribution in [0.2, 0.25) is 0 Å². The molecule has 0 aliphatic heterocycles. The molecule has 2 N–H and O–H groups in total. The summed E-state index contributed by atoms with van der Waals surface area (Å²) in [7, 11) is 1.90. The van der Waals surface area contributed by atoms with Crippen LogP contribution in [0, 0.1) is 0 Å². The third-order valence-electron chi connectivity index (χ3n) is 1.85. The number of nitrogens with one attached hydrogen (secondary N) is 1. The Bertz CT molecular complexity index is 74.9. The smallest absolute Gasteiger partial charge is 0.0693 e. The lowest BCUT2D eigenvalue weighted by Crippen LogP contribution is -2.32. The van der Waals surface area contributed by atoms with Gasteiger partial charge in [-0.05, 0) is 26.3 Å². The van der Waals surface area contributed by atoms with E-state index in [4.69, 9.17) is 5.11 Å². The third kappa shape index (κ3) is 1.01. The van der Waals surface area contributed by atoms with Crippen LogP contribution in [-0.2, 0) is 0 Å². The highest BCUT2D eigenvalue weighted by molar-refractivity contribution is 4.80. The van der Waals surface area contributed by atoms with E-state index < -0.39 is 0 Å². The van der Waals surface area contributed by atoms with Gasteiger partial charge in [0.1, 0.15) is 0 Å². The van der Waals surface area contributed by atoms with Gasteiger partial charge in [0, 0.05) is 6.04 Å². The van der Waals surface area contributed by atoms with E-state index >= 15 is 0 Å². The first-order chi connectivity index (χ1) is 3.84. The minimum absolute atomic E-state index is 0.0833. The van der Waals surface area contributed by atoms with E-state index in [0.29, 0.717) is 6.04 Å². The van der Waals surface area contributed by atoms with Gasteiger partial charge in [-0.2, -0.15) is 0 Å². The first kappa shape index (κ1) is 6.05. The van der Waals surface area contributed by atoms with Crippen LogP contribution in [0.4, 0.5) is 0 Å². The average Bonchev–Trinajstić information content (AvgIpc) is 2.14. The second-order valence-electron chi connectivity index (χ2n) is 2.39. The predicted molar refractivity (Wildman–Crippen MR) is 32.7 cm³/mol. The summed E-state index contributed by atoms with van der Waals surface area (Å²) in [5.74, 6) is 0. The molecule has 2 nitrogen and oxygen atoms in total. The highest BCUT2D eigenvalue weighted by Crippen LogP contribution is 2.17.